The highest BCUT2D eigenvalue weighted by atomic mass is 16.5. The smallest absolute Gasteiger partial charge is 0.407 e. The maximum Gasteiger partial charge on any atom is 0.407 e. The van der Waals surface area contributed by atoms with E-state index in [1.807, 2.05) is 24.3 Å². The number of benzene rings is 2. The van der Waals surface area contributed by atoms with E-state index < -0.39 is 23.1 Å². The molecule has 0 unspecified atom stereocenters. The summed E-state index contributed by atoms with van der Waals surface area (Å²) < 4.78 is 5.69. The second-order valence-electron chi connectivity index (χ2n) is 9.99. The summed E-state index contributed by atoms with van der Waals surface area (Å²) in [4.78, 5) is 39.1. The lowest BCUT2D eigenvalue weighted by atomic mass is 9.74. The van der Waals surface area contributed by atoms with Crippen LogP contribution in [0.25, 0.3) is 11.1 Å². The van der Waals surface area contributed by atoms with Gasteiger partial charge in [-0.2, -0.15) is 0 Å². The van der Waals surface area contributed by atoms with Gasteiger partial charge in [0.15, 0.2) is 0 Å². The Morgan fingerprint density at radius 3 is 2.18 bits per heavy atom. The van der Waals surface area contributed by atoms with Crippen LogP contribution in [0.2, 0.25) is 0 Å². The molecule has 7 heteroatoms. The van der Waals surface area contributed by atoms with Crippen molar-refractivity contribution < 1.29 is 24.2 Å². The van der Waals surface area contributed by atoms with Gasteiger partial charge in [0.1, 0.15) is 12.1 Å². The van der Waals surface area contributed by atoms with Gasteiger partial charge in [-0.3, -0.25) is 4.79 Å². The molecule has 34 heavy (non-hydrogen) atoms. The van der Waals surface area contributed by atoms with Crippen molar-refractivity contribution in [1.29, 1.82) is 0 Å². The summed E-state index contributed by atoms with van der Waals surface area (Å²) in [5.41, 5.74) is 2.78. The summed E-state index contributed by atoms with van der Waals surface area (Å²) in [6, 6.07) is 16.3. The molecular weight excluding hydrogens is 432 g/mol. The number of hydrogen-bond acceptors (Lipinski definition) is 4. The summed E-state index contributed by atoms with van der Waals surface area (Å²) >= 11 is 0. The topological polar surface area (TPSA) is 95.9 Å². The predicted molar refractivity (Wildman–Crippen MR) is 126 cm³/mol. The first kappa shape index (κ1) is 22.4. The van der Waals surface area contributed by atoms with E-state index >= 15 is 0 Å². The fourth-order valence-corrected chi connectivity index (χ4v) is 5.77. The van der Waals surface area contributed by atoms with Gasteiger partial charge in [0.2, 0.25) is 5.91 Å². The van der Waals surface area contributed by atoms with E-state index in [2.05, 4.69) is 29.6 Å². The number of ether oxygens (including phenoxy) is 1. The molecule has 0 radical (unpaired) electrons. The van der Waals surface area contributed by atoms with E-state index in [4.69, 9.17) is 4.74 Å². The van der Waals surface area contributed by atoms with Gasteiger partial charge in [-0.25, -0.2) is 9.59 Å². The number of nitrogens with one attached hydrogen (secondary N) is 1. The van der Waals surface area contributed by atoms with Gasteiger partial charge in [0.25, 0.3) is 0 Å². The van der Waals surface area contributed by atoms with Gasteiger partial charge in [0, 0.05) is 12.5 Å². The number of fused-ring (bicyclic) bond motifs is 3. The van der Waals surface area contributed by atoms with Crippen molar-refractivity contribution in [1.82, 2.24) is 10.2 Å². The molecule has 7 nitrogen and oxygen atoms in total. The summed E-state index contributed by atoms with van der Waals surface area (Å²) in [5, 5.41) is 12.6. The number of alkyl carbamates (subject to hydrolysis) is 1. The first-order chi connectivity index (χ1) is 16.3. The molecule has 2 aliphatic carbocycles. The Kier molecular flexibility index (Phi) is 5.58. The summed E-state index contributed by atoms with van der Waals surface area (Å²) in [5.74, 6) is -1.23. The third kappa shape index (κ3) is 3.73. The van der Waals surface area contributed by atoms with Crippen LogP contribution in [-0.2, 0) is 14.3 Å². The van der Waals surface area contributed by atoms with Crippen LogP contribution in [0.5, 0.6) is 0 Å². The Morgan fingerprint density at radius 1 is 1.00 bits per heavy atom. The average molecular weight is 463 g/mol. The van der Waals surface area contributed by atoms with Crippen LogP contribution in [0.3, 0.4) is 0 Å². The molecule has 2 amide bonds. The van der Waals surface area contributed by atoms with Crippen molar-refractivity contribution >= 4 is 18.0 Å². The molecule has 2 N–H and O–H groups in total. The molecule has 178 valence electrons. The molecule has 0 spiro atoms. The first-order valence-electron chi connectivity index (χ1n) is 12.0. The van der Waals surface area contributed by atoms with Crippen LogP contribution in [0.1, 0.15) is 62.5 Å². The number of amides is 2. The Bertz CT molecular complexity index is 1100. The molecule has 2 fully saturated rings. The molecule has 1 saturated carbocycles. The van der Waals surface area contributed by atoms with Crippen LogP contribution in [0.15, 0.2) is 48.5 Å². The molecular formula is C27H30N2O5. The SMILES string of the molecule is C[C@]1(C(=O)O)CCCN1C(=O)CC1(NC(=O)OCC2c3ccccc3-c3ccccc32)CCC1. The summed E-state index contributed by atoms with van der Waals surface area (Å²) in [6.07, 6.45) is 2.95. The van der Waals surface area contributed by atoms with E-state index in [9.17, 15) is 19.5 Å². The van der Waals surface area contributed by atoms with Crippen LogP contribution in [-0.4, -0.2) is 52.2 Å². The molecule has 1 atom stereocenters. The first-order valence-corrected chi connectivity index (χ1v) is 12.0. The van der Waals surface area contributed by atoms with Crippen molar-refractivity contribution in [2.45, 2.75) is 62.4 Å². The zero-order chi connectivity index (χ0) is 23.9. The van der Waals surface area contributed by atoms with Gasteiger partial charge in [-0.05, 0) is 61.3 Å². The second-order valence-corrected chi connectivity index (χ2v) is 9.99. The van der Waals surface area contributed by atoms with E-state index in [-0.39, 0.29) is 24.9 Å². The van der Waals surface area contributed by atoms with Crippen molar-refractivity contribution in [3.8, 4) is 11.1 Å². The minimum atomic E-state index is -1.17. The Balaban J connectivity index is 1.24. The van der Waals surface area contributed by atoms with E-state index in [0.717, 1.165) is 17.5 Å². The lowest BCUT2D eigenvalue weighted by Crippen LogP contribution is -2.58. The van der Waals surface area contributed by atoms with Crippen LogP contribution < -0.4 is 5.32 Å². The molecule has 2 aromatic carbocycles. The van der Waals surface area contributed by atoms with Crippen LogP contribution in [0.4, 0.5) is 4.79 Å². The number of likely N-dealkylation sites (tertiary alicyclic amines) is 1. The molecule has 5 rings (SSSR count). The van der Waals surface area contributed by atoms with E-state index in [0.29, 0.717) is 32.2 Å². The predicted octanol–water partition coefficient (Wildman–Crippen LogP) is 4.30. The van der Waals surface area contributed by atoms with Crippen molar-refractivity contribution in [2.24, 2.45) is 0 Å². The number of aliphatic carboxylic acids is 1. The monoisotopic (exact) mass is 462 g/mol. The standard InChI is InChI=1S/C27H30N2O5/c1-26(24(31)32)12-7-15-29(26)23(30)16-27(13-6-14-27)28-25(33)34-17-22-20-10-4-2-8-18(20)19-9-3-5-11-21(19)22/h2-5,8-11,22H,6-7,12-17H2,1H3,(H,28,33)(H,31,32)/t26-/m1/s1. The third-order valence-electron chi connectivity index (χ3n) is 7.91. The van der Waals surface area contributed by atoms with E-state index in [1.165, 1.54) is 16.0 Å². The van der Waals surface area contributed by atoms with Gasteiger partial charge in [-0.1, -0.05) is 48.5 Å². The molecule has 2 aromatic rings. The van der Waals surface area contributed by atoms with Crippen molar-refractivity contribution in [2.75, 3.05) is 13.2 Å². The summed E-state index contributed by atoms with van der Waals surface area (Å²) in [7, 11) is 0. The molecule has 0 bridgehead atoms. The largest absolute Gasteiger partial charge is 0.480 e. The molecule has 0 aromatic heterocycles. The van der Waals surface area contributed by atoms with Gasteiger partial charge in [0.05, 0.1) is 12.0 Å². The lowest BCUT2D eigenvalue weighted by molar-refractivity contribution is -0.156. The average Bonchev–Trinajstić information content (AvgIpc) is 3.35. The highest BCUT2D eigenvalue weighted by Gasteiger charge is 2.49. The highest BCUT2D eigenvalue weighted by molar-refractivity contribution is 5.88. The number of carbonyl (C=O) groups is 3. The quantitative estimate of drug-likeness (QED) is 0.667. The number of carboxylic acids is 1. The molecule has 1 heterocycles. The Morgan fingerprint density at radius 2 is 1.62 bits per heavy atom. The summed E-state index contributed by atoms with van der Waals surface area (Å²) in [6.45, 7) is 2.25. The fraction of sp³-hybridized carbons (Fsp3) is 0.444. The third-order valence-corrected chi connectivity index (χ3v) is 7.91. The molecule has 1 saturated heterocycles. The highest BCUT2D eigenvalue weighted by Crippen LogP contribution is 2.44. The maximum atomic E-state index is 13.1. The second kappa shape index (κ2) is 8.46. The van der Waals surface area contributed by atoms with Gasteiger partial charge >= 0.3 is 12.1 Å². The molecule has 3 aliphatic rings. The number of nitrogens with zero attached hydrogens (tertiary/aromatic N) is 1. The zero-order valence-electron chi connectivity index (χ0n) is 19.4. The fourth-order valence-electron chi connectivity index (χ4n) is 5.77. The number of hydrogen-bond donors (Lipinski definition) is 2. The lowest BCUT2D eigenvalue weighted by Gasteiger charge is -2.43. The minimum absolute atomic E-state index is 0.0296. The Hall–Kier alpha value is -3.35. The normalized spacial score (nSPS) is 22.4. The number of carbonyl (C=O) groups excluding carboxylic acids is 2. The van der Waals surface area contributed by atoms with Gasteiger partial charge < -0.3 is 20.1 Å². The van der Waals surface area contributed by atoms with Crippen LogP contribution in [0, 0.1) is 0 Å². The van der Waals surface area contributed by atoms with Gasteiger partial charge in [-0.15, -0.1) is 0 Å². The van der Waals surface area contributed by atoms with Crippen molar-refractivity contribution in [3.63, 3.8) is 0 Å². The molecule has 1 aliphatic heterocycles. The Labute approximate surface area is 199 Å². The maximum absolute atomic E-state index is 13.1. The zero-order valence-corrected chi connectivity index (χ0v) is 19.4. The number of carboxylic acid groups (broad SMARTS) is 1. The minimum Gasteiger partial charge on any atom is -0.480 e. The van der Waals surface area contributed by atoms with Crippen LogP contribution >= 0.6 is 0 Å². The number of rotatable bonds is 6. The van der Waals surface area contributed by atoms with Crippen molar-refractivity contribution in [3.05, 3.63) is 59.7 Å². The van der Waals surface area contributed by atoms with E-state index in [1.54, 1.807) is 6.92 Å².